The van der Waals surface area contributed by atoms with Crippen LogP contribution in [0, 0.1) is 0 Å². The zero-order valence-corrected chi connectivity index (χ0v) is 4.41. The minimum absolute atomic E-state index is 0.175. The van der Waals surface area contributed by atoms with E-state index in [1.54, 1.807) is 0 Å². The minimum Gasteiger partial charge on any atom is -0.315 e. The van der Waals surface area contributed by atoms with E-state index < -0.39 is 0 Å². The predicted molar refractivity (Wildman–Crippen MR) is 29.0 cm³/mol. The van der Waals surface area contributed by atoms with Crippen LogP contribution in [0.25, 0.3) is 0 Å². The Balaban J connectivity index is 2.12. The zero-order chi connectivity index (χ0) is 5.11. The first-order chi connectivity index (χ1) is 3.39. The van der Waals surface area contributed by atoms with Gasteiger partial charge in [0, 0.05) is 12.6 Å². The summed E-state index contributed by atoms with van der Waals surface area (Å²) in [4.78, 5) is 0. The SMILES string of the molecule is [NH][C@@H]1CCCNC1. The van der Waals surface area contributed by atoms with E-state index in [0.29, 0.717) is 0 Å². The second-order valence-corrected chi connectivity index (χ2v) is 2.04. The molecule has 0 unspecified atom stereocenters. The van der Waals surface area contributed by atoms with Crippen molar-refractivity contribution in [2.75, 3.05) is 13.1 Å². The van der Waals surface area contributed by atoms with Crippen LogP contribution in [-0.2, 0) is 0 Å². The van der Waals surface area contributed by atoms with Gasteiger partial charge < -0.3 is 5.32 Å². The Morgan fingerprint density at radius 3 is 2.71 bits per heavy atom. The largest absolute Gasteiger partial charge is 0.315 e. The first kappa shape index (κ1) is 5.06. The van der Waals surface area contributed by atoms with Crippen molar-refractivity contribution in [3.8, 4) is 0 Å². The van der Waals surface area contributed by atoms with Crippen molar-refractivity contribution in [1.82, 2.24) is 11.1 Å². The summed E-state index contributed by atoms with van der Waals surface area (Å²) in [7, 11) is 0. The molecule has 1 fully saturated rings. The molecule has 2 N–H and O–H groups in total. The van der Waals surface area contributed by atoms with E-state index in [-0.39, 0.29) is 6.04 Å². The zero-order valence-electron chi connectivity index (χ0n) is 4.41. The molecular formula is C5H11N2. The van der Waals surface area contributed by atoms with Gasteiger partial charge in [-0.05, 0) is 19.4 Å². The first-order valence-corrected chi connectivity index (χ1v) is 2.81. The van der Waals surface area contributed by atoms with E-state index in [4.69, 9.17) is 5.73 Å². The van der Waals surface area contributed by atoms with Crippen LogP contribution in [0.4, 0.5) is 0 Å². The molecule has 0 bridgehead atoms. The highest BCUT2D eigenvalue weighted by Gasteiger charge is 2.06. The van der Waals surface area contributed by atoms with Crippen molar-refractivity contribution in [3.05, 3.63) is 0 Å². The van der Waals surface area contributed by atoms with Crippen molar-refractivity contribution in [2.24, 2.45) is 0 Å². The molecule has 0 aromatic rings. The number of nitrogens with one attached hydrogen (secondary N) is 2. The van der Waals surface area contributed by atoms with Gasteiger partial charge in [-0.3, -0.25) is 5.73 Å². The average molecular weight is 99.2 g/mol. The molecule has 2 nitrogen and oxygen atoms in total. The van der Waals surface area contributed by atoms with Crippen LogP contribution in [0.5, 0.6) is 0 Å². The molecule has 0 aliphatic carbocycles. The molecule has 1 heterocycles. The average Bonchev–Trinajstić information content (AvgIpc) is 1.69. The quantitative estimate of drug-likeness (QED) is 0.456. The topological polar surface area (TPSA) is 35.8 Å². The molecule has 1 aliphatic heterocycles. The van der Waals surface area contributed by atoms with Gasteiger partial charge in [-0.2, -0.15) is 0 Å². The van der Waals surface area contributed by atoms with Crippen molar-refractivity contribution in [1.29, 1.82) is 0 Å². The van der Waals surface area contributed by atoms with Crippen molar-refractivity contribution < 1.29 is 0 Å². The van der Waals surface area contributed by atoms with E-state index in [9.17, 15) is 0 Å². The lowest BCUT2D eigenvalue weighted by Crippen LogP contribution is -2.34. The monoisotopic (exact) mass is 99.1 g/mol. The fourth-order valence-electron chi connectivity index (χ4n) is 0.852. The Labute approximate surface area is 44.1 Å². The lowest BCUT2D eigenvalue weighted by atomic mass is 10.1. The molecule has 0 amide bonds. The fraction of sp³-hybridized carbons (Fsp3) is 1.00. The Kier molecular flexibility index (Phi) is 1.65. The van der Waals surface area contributed by atoms with Gasteiger partial charge in [0.2, 0.25) is 0 Å². The van der Waals surface area contributed by atoms with Gasteiger partial charge in [-0.25, -0.2) is 0 Å². The van der Waals surface area contributed by atoms with Gasteiger partial charge in [-0.15, -0.1) is 0 Å². The molecule has 1 atom stereocenters. The number of hydrogen-bond acceptors (Lipinski definition) is 1. The smallest absolute Gasteiger partial charge is 0.0338 e. The second-order valence-electron chi connectivity index (χ2n) is 2.04. The first-order valence-electron chi connectivity index (χ1n) is 2.81. The summed E-state index contributed by atoms with van der Waals surface area (Å²) in [5.74, 6) is 0. The normalized spacial score (nSPS) is 33.0. The molecule has 7 heavy (non-hydrogen) atoms. The lowest BCUT2D eigenvalue weighted by molar-refractivity contribution is 0.450. The molecule has 0 saturated carbocycles. The van der Waals surface area contributed by atoms with Crippen LogP contribution >= 0.6 is 0 Å². The minimum atomic E-state index is 0.175. The molecule has 41 valence electrons. The summed E-state index contributed by atoms with van der Waals surface area (Å²) in [6.07, 6.45) is 2.28. The van der Waals surface area contributed by atoms with Crippen LogP contribution < -0.4 is 11.1 Å². The molecule has 2 heteroatoms. The maximum atomic E-state index is 7.21. The maximum Gasteiger partial charge on any atom is 0.0338 e. The van der Waals surface area contributed by atoms with Crippen molar-refractivity contribution in [3.63, 3.8) is 0 Å². The van der Waals surface area contributed by atoms with Gasteiger partial charge in [-0.1, -0.05) is 0 Å². The summed E-state index contributed by atoms with van der Waals surface area (Å²) in [6, 6.07) is 0.175. The Hall–Kier alpha value is -0.0800. The van der Waals surface area contributed by atoms with Gasteiger partial charge >= 0.3 is 0 Å². The highest BCUT2D eigenvalue weighted by Crippen LogP contribution is 1.97. The molecule has 1 saturated heterocycles. The molecule has 0 aromatic carbocycles. The summed E-state index contributed by atoms with van der Waals surface area (Å²) < 4.78 is 0. The van der Waals surface area contributed by atoms with E-state index in [2.05, 4.69) is 5.32 Å². The third-order valence-electron chi connectivity index (χ3n) is 1.30. The molecular weight excluding hydrogens is 88.1 g/mol. The molecule has 0 spiro atoms. The lowest BCUT2D eigenvalue weighted by Gasteiger charge is -2.16. The Bertz CT molecular complexity index is 48.0. The second kappa shape index (κ2) is 2.28. The molecule has 1 rings (SSSR count). The molecule has 0 aromatic heterocycles. The summed E-state index contributed by atoms with van der Waals surface area (Å²) in [5.41, 5.74) is 7.21. The standard InChI is InChI=1S/C5H11N2/c6-5-2-1-3-7-4-5/h5-7H,1-4H2/t5-/m1/s1. The van der Waals surface area contributed by atoms with Crippen LogP contribution in [0.3, 0.4) is 0 Å². The number of piperidine rings is 1. The molecule has 1 radical (unpaired) electrons. The summed E-state index contributed by atoms with van der Waals surface area (Å²) >= 11 is 0. The highest BCUT2D eigenvalue weighted by molar-refractivity contribution is 4.69. The Morgan fingerprint density at radius 2 is 2.43 bits per heavy atom. The highest BCUT2D eigenvalue weighted by atomic mass is 14.9. The van der Waals surface area contributed by atoms with E-state index >= 15 is 0 Å². The third kappa shape index (κ3) is 1.45. The maximum absolute atomic E-state index is 7.21. The van der Waals surface area contributed by atoms with Gasteiger partial charge in [0.1, 0.15) is 0 Å². The molecule has 1 aliphatic rings. The third-order valence-corrected chi connectivity index (χ3v) is 1.30. The predicted octanol–water partition coefficient (Wildman–Crippen LogP) is 0.0213. The van der Waals surface area contributed by atoms with Gasteiger partial charge in [0.25, 0.3) is 0 Å². The number of hydrogen-bond donors (Lipinski definition) is 1. The van der Waals surface area contributed by atoms with E-state index in [0.717, 1.165) is 19.5 Å². The van der Waals surface area contributed by atoms with Crippen molar-refractivity contribution in [2.45, 2.75) is 18.9 Å². The van der Waals surface area contributed by atoms with E-state index in [1.165, 1.54) is 6.42 Å². The van der Waals surface area contributed by atoms with Crippen LogP contribution in [0.1, 0.15) is 12.8 Å². The van der Waals surface area contributed by atoms with Crippen LogP contribution in [-0.4, -0.2) is 19.1 Å². The number of rotatable bonds is 0. The van der Waals surface area contributed by atoms with Crippen molar-refractivity contribution >= 4 is 0 Å². The van der Waals surface area contributed by atoms with Gasteiger partial charge in [0.15, 0.2) is 0 Å². The van der Waals surface area contributed by atoms with E-state index in [1.807, 2.05) is 0 Å². The summed E-state index contributed by atoms with van der Waals surface area (Å²) in [5, 5.41) is 3.15. The van der Waals surface area contributed by atoms with Crippen LogP contribution in [0.15, 0.2) is 0 Å². The van der Waals surface area contributed by atoms with Gasteiger partial charge in [0.05, 0.1) is 0 Å². The van der Waals surface area contributed by atoms with Crippen LogP contribution in [0.2, 0.25) is 0 Å². The Morgan fingerprint density at radius 1 is 1.57 bits per heavy atom. The fourth-order valence-corrected chi connectivity index (χ4v) is 0.852. The summed E-state index contributed by atoms with van der Waals surface area (Å²) in [6.45, 7) is 2.02.